The van der Waals surface area contributed by atoms with E-state index in [0.29, 0.717) is 66.1 Å². The summed E-state index contributed by atoms with van der Waals surface area (Å²) in [6.45, 7) is 4.25. The molecule has 17 nitrogen and oxygen atoms in total. The van der Waals surface area contributed by atoms with Gasteiger partial charge in [0.15, 0.2) is 5.71 Å². The van der Waals surface area contributed by atoms with Crippen LogP contribution in [0.2, 0.25) is 0 Å². The van der Waals surface area contributed by atoms with E-state index in [-0.39, 0.29) is 43.7 Å². The predicted octanol–water partition coefficient (Wildman–Crippen LogP) is 4.38. The highest BCUT2D eigenvalue weighted by Crippen LogP contribution is 2.51. The summed E-state index contributed by atoms with van der Waals surface area (Å²) in [5.74, 6) is -2.15. The van der Waals surface area contributed by atoms with E-state index < -0.39 is 73.7 Å². The maximum Gasteiger partial charge on any atom is 0.303 e. The largest absolute Gasteiger partial charge is 0.481 e. The Labute approximate surface area is 333 Å². The third-order valence-corrected chi connectivity index (χ3v) is 13.8. The zero-order valence-electron chi connectivity index (χ0n) is 31.7. The van der Waals surface area contributed by atoms with Gasteiger partial charge >= 0.3 is 5.97 Å². The van der Waals surface area contributed by atoms with Crippen LogP contribution in [-0.4, -0.2) is 112 Å². The molecule has 0 radical (unpaired) electrons. The Balaban J connectivity index is 1.93. The summed E-state index contributed by atoms with van der Waals surface area (Å²) in [5, 5.41) is 9.13. The van der Waals surface area contributed by atoms with Crippen molar-refractivity contribution in [1.82, 2.24) is 0 Å². The fourth-order valence-electron chi connectivity index (χ4n) is 7.66. The molecule has 21 heteroatoms. The minimum Gasteiger partial charge on any atom is -0.481 e. The van der Waals surface area contributed by atoms with Gasteiger partial charge in [-0.3, -0.25) is 23.0 Å². The zero-order valence-corrected chi connectivity index (χ0v) is 35.0. The molecule has 2 aromatic rings. The molecule has 0 aliphatic carbocycles. The number of benzene rings is 2. The second-order valence-corrected chi connectivity index (χ2v) is 20.5. The number of aliphatic carboxylic acids is 1. The molecule has 57 heavy (non-hydrogen) atoms. The normalized spacial score (nSPS) is 20.8. The van der Waals surface area contributed by atoms with Gasteiger partial charge in [0.25, 0.3) is 40.5 Å². The minimum absolute atomic E-state index is 0.0000186. The fourth-order valence-corrected chi connectivity index (χ4v) is 9.68. The molecular formula is C36H49N2O15S4+. The highest BCUT2D eigenvalue weighted by molar-refractivity contribution is 7.86. The second-order valence-electron chi connectivity index (χ2n) is 14.5. The smallest absolute Gasteiger partial charge is 0.303 e. The lowest BCUT2D eigenvalue weighted by molar-refractivity contribution is -0.437. The summed E-state index contributed by atoms with van der Waals surface area (Å²) in [6, 6.07) is 8.13. The number of allylic oxidation sites excluding steroid dienone is 4. The van der Waals surface area contributed by atoms with E-state index in [2.05, 4.69) is 0 Å². The maximum atomic E-state index is 12.3. The van der Waals surface area contributed by atoms with Crippen molar-refractivity contribution in [3.63, 3.8) is 0 Å². The monoisotopic (exact) mass is 877 g/mol. The molecule has 316 valence electrons. The Morgan fingerprint density at radius 3 is 1.95 bits per heavy atom. The molecule has 4 rings (SSSR count). The number of ether oxygens (including phenoxy) is 1. The SMILES string of the molecule is COCCC1(C)C(=CC=CC2=[N+](CCCS(=O)(=O)O)c3ccc(S(=O)(=O)O)cc3C2(C)CCCS(=O)(=O)O)N(CCCCCC(=O)O)c2ccc(S(=O)(=O)O)cc21. The van der Waals surface area contributed by atoms with E-state index in [1.165, 1.54) is 37.4 Å². The van der Waals surface area contributed by atoms with Crippen molar-refractivity contribution in [2.24, 2.45) is 0 Å². The van der Waals surface area contributed by atoms with Crippen LogP contribution in [0.3, 0.4) is 0 Å². The first kappa shape index (κ1) is 46.2. The van der Waals surface area contributed by atoms with Crippen LogP contribution in [0, 0.1) is 0 Å². The van der Waals surface area contributed by atoms with Crippen molar-refractivity contribution < 1.29 is 71.1 Å². The Morgan fingerprint density at radius 1 is 0.772 bits per heavy atom. The molecule has 2 aromatic carbocycles. The number of hydrogen-bond donors (Lipinski definition) is 5. The van der Waals surface area contributed by atoms with Gasteiger partial charge in [0, 0.05) is 67.6 Å². The van der Waals surface area contributed by atoms with Gasteiger partial charge < -0.3 is 14.7 Å². The van der Waals surface area contributed by atoms with Crippen molar-refractivity contribution in [1.29, 1.82) is 0 Å². The summed E-state index contributed by atoms with van der Waals surface area (Å²) in [7, 11) is -16.6. The highest BCUT2D eigenvalue weighted by Gasteiger charge is 2.48. The Bertz CT molecular complexity index is 2410. The molecule has 2 aliphatic rings. The van der Waals surface area contributed by atoms with Crippen molar-refractivity contribution in [3.8, 4) is 0 Å². The van der Waals surface area contributed by atoms with Crippen LogP contribution in [0.1, 0.15) is 76.3 Å². The van der Waals surface area contributed by atoms with Crippen molar-refractivity contribution in [3.05, 3.63) is 71.5 Å². The number of carboxylic acid groups (broad SMARTS) is 1. The standard InChI is InChI=1S/C36H48N2O15S4/c1-35(17-8-22-54(41,42)43)28-24-26(56(47,48)49)13-15-30(28)38(20-9-23-55(44,45)46)32(35)10-7-11-33-36(2,18-21-53-3)29-25-27(57(50,51)52)14-16-31(29)37(33)19-6-4-5-12-34(39)40/h7,10-11,13-16,24-25H,4-6,8-9,12,17-23H2,1-3H3,(H4-,39,40,41,42,43,44,45,46,47,48,49,50,51,52)/p+1. The van der Waals surface area contributed by atoms with E-state index in [4.69, 9.17) is 9.84 Å². The van der Waals surface area contributed by atoms with Crippen LogP contribution in [0.5, 0.6) is 0 Å². The number of methoxy groups -OCH3 is 1. The summed E-state index contributed by atoms with van der Waals surface area (Å²) in [5.41, 5.74) is 1.10. The van der Waals surface area contributed by atoms with Crippen LogP contribution in [-0.2, 0) is 60.8 Å². The van der Waals surface area contributed by atoms with Gasteiger partial charge in [-0.15, -0.1) is 0 Å². The second kappa shape index (κ2) is 17.8. The van der Waals surface area contributed by atoms with Gasteiger partial charge in [-0.1, -0.05) is 12.5 Å². The molecule has 5 N–H and O–H groups in total. The summed E-state index contributed by atoms with van der Waals surface area (Å²) in [4.78, 5) is 12.4. The summed E-state index contributed by atoms with van der Waals surface area (Å²) in [6.07, 6.45) is 6.95. The van der Waals surface area contributed by atoms with Crippen molar-refractivity contribution in [2.75, 3.05) is 43.2 Å². The van der Waals surface area contributed by atoms with E-state index in [9.17, 15) is 56.7 Å². The number of fused-ring (bicyclic) bond motifs is 2. The first-order chi connectivity index (χ1) is 26.3. The number of anilines is 1. The molecule has 2 atom stereocenters. The number of carbonyl (C=O) groups is 1. The number of rotatable bonds is 21. The summed E-state index contributed by atoms with van der Waals surface area (Å²) < 4.78 is 142. The molecule has 0 bridgehead atoms. The Kier molecular flexibility index (Phi) is 14.4. The van der Waals surface area contributed by atoms with Crippen LogP contribution in [0.25, 0.3) is 0 Å². The molecule has 0 saturated carbocycles. The Morgan fingerprint density at radius 2 is 1.37 bits per heavy atom. The molecule has 2 aliphatic heterocycles. The van der Waals surface area contributed by atoms with Gasteiger partial charge in [0.1, 0.15) is 6.54 Å². The van der Waals surface area contributed by atoms with Gasteiger partial charge in [-0.05, 0) is 87.9 Å². The van der Waals surface area contributed by atoms with E-state index in [1.54, 1.807) is 35.8 Å². The predicted molar refractivity (Wildman–Crippen MR) is 211 cm³/mol. The number of unbranched alkanes of at least 4 members (excludes halogenated alkanes) is 2. The van der Waals surface area contributed by atoms with Crippen LogP contribution >= 0.6 is 0 Å². The Hall–Kier alpha value is -3.54. The molecule has 0 aromatic heterocycles. The lowest BCUT2D eigenvalue weighted by Gasteiger charge is -2.30. The van der Waals surface area contributed by atoms with Crippen LogP contribution in [0.4, 0.5) is 11.4 Å². The molecule has 0 amide bonds. The molecule has 0 saturated heterocycles. The van der Waals surface area contributed by atoms with Crippen LogP contribution in [0.15, 0.2) is 70.1 Å². The van der Waals surface area contributed by atoms with Crippen molar-refractivity contribution >= 4 is 63.5 Å². The first-order valence-electron chi connectivity index (χ1n) is 18.0. The third kappa shape index (κ3) is 11.4. The van der Waals surface area contributed by atoms with Gasteiger partial charge in [0.05, 0.1) is 26.7 Å². The van der Waals surface area contributed by atoms with Gasteiger partial charge in [-0.25, -0.2) is 0 Å². The highest BCUT2D eigenvalue weighted by atomic mass is 32.2. The average molecular weight is 878 g/mol. The molecule has 0 fully saturated rings. The zero-order chi connectivity index (χ0) is 42.6. The molecular weight excluding hydrogens is 829 g/mol. The van der Waals surface area contributed by atoms with Gasteiger partial charge in [-0.2, -0.15) is 38.2 Å². The fraction of sp³-hybridized carbons (Fsp3) is 0.500. The quantitative estimate of drug-likeness (QED) is 0.0661. The number of nitrogens with zero attached hydrogens (tertiary/aromatic N) is 2. The van der Waals surface area contributed by atoms with E-state index >= 15 is 0 Å². The van der Waals surface area contributed by atoms with E-state index in [0.717, 1.165) is 0 Å². The molecule has 2 heterocycles. The maximum absolute atomic E-state index is 12.3. The lowest BCUT2D eigenvalue weighted by atomic mass is 9.75. The minimum atomic E-state index is -4.70. The lowest BCUT2D eigenvalue weighted by Crippen LogP contribution is -2.32. The third-order valence-electron chi connectivity index (χ3n) is 10.5. The molecule has 0 spiro atoms. The summed E-state index contributed by atoms with van der Waals surface area (Å²) >= 11 is 0. The number of hydrogen-bond acceptors (Lipinski definition) is 11. The average Bonchev–Trinajstić information content (AvgIpc) is 3.45. The van der Waals surface area contributed by atoms with Gasteiger partial charge in [0.2, 0.25) is 5.69 Å². The molecule has 2 unspecified atom stereocenters. The van der Waals surface area contributed by atoms with Crippen LogP contribution < -0.4 is 4.90 Å². The first-order valence-corrected chi connectivity index (χ1v) is 24.1. The van der Waals surface area contributed by atoms with Crippen molar-refractivity contribution in [2.45, 2.75) is 85.8 Å². The van der Waals surface area contributed by atoms with E-state index in [1.807, 2.05) is 11.8 Å². The number of carboxylic acids is 1. The topological polar surface area (TPSA) is 270 Å².